The highest BCUT2D eigenvalue weighted by molar-refractivity contribution is 7.93. The summed E-state index contributed by atoms with van der Waals surface area (Å²) in [5.74, 6) is -4.97. The first kappa shape index (κ1) is 16.5. The first-order valence-electron chi connectivity index (χ1n) is 6.64. The number of carbonyl (C=O) groups is 2. The van der Waals surface area contributed by atoms with Crippen molar-refractivity contribution >= 4 is 21.6 Å². The zero-order chi connectivity index (χ0) is 16.5. The summed E-state index contributed by atoms with van der Waals surface area (Å²) in [5.41, 5.74) is 0. The van der Waals surface area contributed by atoms with Crippen LogP contribution in [-0.4, -0.2) is 30.3 Å². The van der Waals surface area contributed by atoms with E-state index in [9.17, 15) is 27.5 Å². The third kappa shape index (κ3) is 2.63. The molecule has 0 aliphatic heterocycles. The number of carboxylic acid groups (broad SMARTS) is 1. The summed E-state index contributed by atoms with van der Waals surface area (Å²) >= 11 is 0. The molecule has 0 aromatic heterocycles. The number of carboxylic acids is 1. The summed E-state index contributed by atoms with van der Waals surface area (Å²) in [6.45, 7) is 0. The van der Waals surface area contributed by atoms with Crippen LogP contribution in [0.15, 0.2) is 29.2 Å². The van der Waals surface area contributed by atoms with E-state index in [0.29, 0.717) is 6.07 Å². The van der Waals surface area contributed by atoms with Gasteiger partial charge in [0.2, 0.25) is 9.84 Å². The molecule has 0 saturated heterocycles. The first-order valence-corrected chi connectivity index (χ1v) is 8.12. The Kier molecular flexibility index (Phi) is 4.32. The van der Waals surface area contributed by atoms with E-state index in [4.69, 9.17) is 0 Å². The molecule has 1 fully saturated rings. The highest BCUT2D eigenvalue weighted by Gasteiger charge is 2.59. The number of hydrogen-bond acceptors (Lipinski definition) is 4. The molecule has 1 aliphatic rings. The smallest absolute Gasteiger partial charge is 0.358 e. The third-order valence-electron chi connectivity index (χ3n) is 3.80. The Morgan fingerprint density at radius 3 is 2.59 bits per heavy atom. The predicted molar refractivity (Wildman–Crippen MR) is 72.0 cm³/mol. The normalized spacial score (nSPS) is 22.1. The fourth-order valence-electron chi connectivity index (χ4n) is 2.66. The Morgan fingerprint density at radius 2 is 2.05 bits per heavy atom. The molecule has 22 heavy (non-hydrogen) atoms. The molecule has 0 heterocycles. The van der Waals surface area contributed by atoms with Gasteiger partial charge in [-0.05, 0) is 31.0 Å². The number of sulfone groups is 1. The van der Waals surface area contributed by atoms with Gasteiger partial charge in [0.15, 0.2) is 0 Å². The number of halogens is 2. The van der Waals surface area contributed by atoms with E-state index < -0.39 is 43.9 Å². The van der Waals surface area contributed by atoms with Gasteiger partial charge in [-0.3, -0.25) is 4.79 Å². The van der Waals surface area contributed by atoms with Crippen molar-refractivity contribution < 1.29 is 31.9 Å². The maximum Gasteiger partial charge on any atom is 0.358 e. The van der Waals surface area contributed by atoms with Gasteiger partial charge < -0.3 is 5.11 Å². The molecule has 1 aromatic rings. The first-order chi connectivity index (χ1) is 10.2. The van der Waals surface area contributed by atoms with Gasteiger partial charge in [0.05, 0.1) is 4.90 Å². The van der Waals surface area contributed by atoms with Crippen LogP contribution in [0.2, 0.25) is 0 Å². The molecule has 0 amide bonds. The Labute approximate surface area is 125 Å². The molecule has 1 N–H and O–H groups in total. The van der Waals surface area contributed by atoms with Crippen molar-refractivity contribution in [1.29, 1.82) is 0 Å². The van der Waals surface area contributed by atoms with Crippen molar-refractivity contribution in [2.45, 2.75) is 35.6 Å². The molecule has 2 unspecified atom stereocenters. The second-order valence-corrected chi connectivity index (χ2v) is 7.32. The Bertz CT molecular complexity index is 716. The Morgan fingerprint density at radius 1 is 1.36 bits per heavy atom. The summed E-state index contributed by atoms with van der Waals surface area (Å²) in [6, 6.07) is 3.51. The van der Waals surface area contributed by atoms with Crippen LogP contribution >= 0.6 is 0 Å². The van der Waals surface area contributed by atoms with Crippen molar-refractivity contribution in [3.63, 3.8) is 0 Å². The number of benzene rings is 1. The largest absolute Gasteiger partial charge is 0.478 e. The maximum absolute atomic E-state index is 15.1. The van der Waals surface area contributed by atoms with Gasteiger partial charge in [0, 0.05) is 18.8 Å². The van der Waals surface area contributed by atoms with Crippen LogP contribution in [0.5, 0.6) is 0 Å². The number of Topliss-reactive ketones (excluding diaryl/α,β-unsaturated/α-hetero) is 1. The van der Waals surface area contributed by atoms with Crippen LogP contribution in [0.1, 0.15) is 25.7 Å². The minimum atomic E-state index is -5.00. The molecule has 0 bridgehead atoms. The molecule has 2 atom stereocenters. The zero-order valence-electron chi connectivity index (χ0n) is 11.5. The molecule has 2 rings (SSSR count). The van der Waals surface area contributed by atoms with Gasteiger partial charge >= 0.3 is 11.0 Å². The van der Waals surface area contributed by atoms with Gasteiger partial charge in [-0.2, -0.15) is 0 Å². The molecule has 1 aliphatic carbocycles. The highest BCUT2D eigenvalue weighted by atomic mass is 32.2. The lowest BCUT2D eigenvalue weighted by molar-refractivity contribution is -0.149. The second kappa shape index (κ2) is 5.75. The number of aliphatic carboxylic acids is 1. The van der Waals surface area contributed by atoms with Crippen LogP contribution in [0.4, 0.5) is 8.78 Å². The van der Waals surface area contributed by atoms with E-state index in [1.807, 2.05) is 0 Å². The highest BCUT2D eigenvalue weighted by Crippen LogP contribution is 2.41. The third-order valence-corrected chi connectivity index (χ3v) is 5.96. The summed E-state index contributed by atoms with van der Waals surface area (Å²) in [7, 11) is -5.00. The molecule has 0 radical (unpaired) electrons. The van der Waals surface area contributed by atoms with Crippen LogP contribution in [0.3, 0.4) is 0 Å². The minimum Gasteiger partial charge on any atom is -0.478 e. The van der Waals surface area contributed by atoms with Gasteiger partial charge in [0.25, 0.3) is 0 Å². The van der Waals surface area contributed by atoms with Crippen LogP contribution in [0.25, 0.3) is 0 Å². The number of carbonyl (C=O) groups excluding carboxylic acids is 1. The number of hydrogen-bond donors (Lipinski definition) is 1. The van der Waals surface area contributed by atoms with Crippen molar-refractivity contribution in [2.75, 3.05) is 0 Å². The van der Waals surface area contributed by atoms with Crippen LogP contribution in [-0.2, 0) is 19.4 Å². The van der Waals surface area contributed by atoms with E-state index in [2.05, 4.69) is 0 Å². The predicted octanol–water partition coefficient (Wildman–Crippen LogP) is 2.11. The Balaban J connectivity index is 2.55. The van der Waals surface area contributed by atoms with Gasteiger partial charge in [-0.25, -0.2) is 22.0 Å². The molecular weight excluding hydrogens is 318 g/mol. The van der Waals surface area contributed by atoms with E-state index in [0.717, 1.165) is 18.2 Å². The van der Waals surface area contributed by atoms with Gasteiger partial charge in [-0.1, -0.05) is 6.07 Å². The number of alkyl halides is 1. The lowest BCUT2D eigenvalue weighted by Crippen LogP contribution is -2.50. The van der Waals surface area contributed by atoms with Crippen LogP contribution in [0, 0.1) is 11.7 Å². The summed E-state index contributed by atoms with van der Waals surface area (Å²) in [6.07, 6.45) is -0.103. The monoisotopic (exact) mass is 332 g/mol. The van der Waals surface area contributed by atoms with Crippen molar-refractivity contribution in [1.82, 2.24) is 0 Å². The summed E-state index contributed by atoms with van der Waals surface area (Å²) in [5, 5.41) is 5.52. The number of rotatable bonds is 4. The topological polar surface area (TPSA) is 88.5 Å². The minimum absolute atomic E-state index is 0.0386. The van der Waals surface area contributed by atoms with Gasteiger partial charge in [0.1, 0.15) is 11.6 Å². The molecule has 5 nitrogen and oxygen atoms in total. The van der Waals surface area contributed by atoms with E-state index in [-0.39, 0.29) is 25.0 Å². The molecular formula is C14H14F2O5S. The standard InChI is InChI=1S/C14H14F2O5S/c15-10-4-2-6-12(8-10)22(20,21)14(16,13(18)19)9-3-1-5-11(17)7-9/h2,4,6,8-9H,1,3,5,7H2,(H,18,19). The summed E-state index contributed by atoms with van der Waals surface area (Å²) < 4.78 is 53.1. The average Bonchev–Trinajstić information content (AvgIpc) is 2.46. The van der Waals surface area contributed by atoms with E-state index in [1.54, 1.807) is 0 Å². The SMILES string of the molecule is O=C1CCCC(C(F)(C(=O)O)S(=O)(=O)c2cccc(F)c2)C1. The number of ketones is 1. The van der Waals surface area contributed by atoms with Crippen molar-refractivity contribution in [3.05, 3.63) is 30.1 Å². The van der Waals surface area contributed by atoms with Gasteiger partial charge in [-0.15, -0.1) is 0 Å². The van der Waals surface area contributed by atoms with Crippen molar-refractivity contribution in [2.24, 2.45) is 5.92 Å². The zero-order valence-corrected chi connectivity index (χ0v) is 12.3. The summed E-state index contributed by atoms with van der Waals surface area (Å²) in [4.78, 5) is 22.1. The lowest BCUT2D eigenvalue weighted by atomic mass is 9.84. The lowest BCUT2D eigenvalue weighted by Gasteiger charge is -2.31. The fourth-order valence-corrected chi connectivity index (χ4v) is 4.39. The average molecular weight is 332 g/mol. The molecule has 8 heteroatoms. The Hall–Kier alpha value is -1.83. The van der Waals surface area contributed by atoms with Crippen LogP contribution < -0.4 is 0 Å². The molecule has 1 saturated carbocycles. The molecule has 0 spiro atoms. The van der Waals surface area contributed by atoms with Crippen molar-refractivity contribution in [3.8, 4) is 0 Å². The quantitative estimate of drug-likeness (QED) is 0.912. The maximum atomic E-state index is 15.1. The molecule has 120 valence electrons. The van der Waals surface area contributed by atoms with E-state index in [1.165, 1.54) is 0 Å². The van der Waals surface area contributed by atoms with E-state index >= 15 is 4.39 Å². The second-order valence-electron chi connectivity index (χ2n) is 5.24. The fraction of sp³-hybridized carbons (Fsp3) is 0.429. The molecule has 1 aromatic carbocycles.